The summed E-state index contributed by atoms with van der Waals surface area (Å²) in [5.74, 6) is 0.353. The molecule has 2 rings (SSSR count). The van der Waals surface area contributed by atoms with Crippen LogP contribution in [0.4, 0.5) is 4.39 Å². The van der Waals surface area contributed by atoms with E-state index < -0.39 is 5.82 Å². The molecule has 19 heavy (non-hydrogen) atoms. The highest BCUT2D eigenvalue weighted by Crippen LogP contribution is 2.35. The van der Waals surface area contributed by atoms with Crippen molar-refractivity contribution in [1.29, 1.82) is 0 Å². The van der Waals surface area contributed by atoms with Crippen LogP contribution in [-0.2, 0) is 0 Å². The minimum atomic E-state index is -0.414. The second kappa shape index (κ2) is 6.22. The van der Waals surface area contributed by atoms with Gasteiger partial charge in [-0.3, -0.25) is 0 Å². The first-order valence-corrected chi connectivity index (χ1v) is 7.56. The number of halogens is 3. The monoisotopic (exact) mass is 363 g/mol. The number of methoxy groups -OCH3 is 1. The highest BCUT2D eigenvalue weighted by atomic mass is 79.9. The molecule has 1 atom stereocenters. The lowest BCUT2D eigenvalue weighted by Gasteiger charge is -2.16. The maximum absolute atomic E-state index is 14.2. The van der Waals surface area contributed by atoms with Gasteiger partial charge in [0.05, 0.1) is 18.2 Å². The topological polar surface area (TPSA) is 21.3 Å². The van der Waals surface area contributed by atoms with E-state index in [4.69, 9.17) is 16.3 Å². The van der Waals surface area contributed by atoms with Gasteiger partial charge in [0.2, 0.25) is 0 Å². The molecular weight excluding hydrogens is 353 g/mol. The molecule has 0 radical (unpaired) electrons. The molecule has 0 bridgehead atoms. The Bertz CT molecular complexity index is 590. The molecule has 0 amide bonds. The van der Waals surface area contributed by atoms with Crippen LogP contribution in [0.2, 0.25) is 5.02 Å². The third-order valence-electron chi connectivity index (χ3n) is 2.78. The summed E-state index contributed by atoms with van der Waals surface area (Å²) in [5, 5.41) is 5.09. The van der Waals surface area contributed by atoms with Crippen molar-refractivity contribution < 1.29 is 9.13 Å². The fourth-order valence-corrected chi connectivity index (χ4v) is 3.27. The molecule has 1 heterocycles. The number of ether oxygens (including phenoxy) is 1. The van der Waals surface area contributed by atoms with E-state index in [1.165, 1.54) is 11.3 Å². The number of nitrogens with one attached hydrogen (secondary N) is 1. The smallest absolute Gasteiger partial charge is 0.148 e. The predicted molar refractivity (Wildman–Crippen MR) is 80.9 cm³/mol. The van der Waals surface area contributed by atoms with Crippen LogP contribution in [-0.4, -0.2) is 14.2 Å². The van der Waals surface area contributed by atoms with Gasteiger partial charge >= 0.3 is 0 Å². The summed E-state index contributed by atoms with van der Waals surface area (Å²) >= 11 is 10.7. The molecule has 2 nitrogen and oxygen atoms in total. The molecule has 0 fully saturated rings. The molecule has 0 saturated carbocycles. The van der Waals surface area contributed by atoms with Crippen molar-refractivity contribution in [3.63, 3.8) is 0 Å². The molecule has 102 valence electrons. The Balaban J connectivity index is 2.45. The minimum absolute atomic E-state index is 0.0984. The van der Waals surface area contributed by atoms with Gasteiger partial charge in [0, 0.05) is 20.3 Å². The quantitative estimate of drug-likeness (QED) is 0.799. The molecule has 1 aromatic heterocycles. The van der Waals surface area contributed by atoms with E-state index in [0.717, 1.165) is 10.6 Å². The van der Waals surface area contributed by atoms with Crippen LogP contribution >= 0.6 is 38.9 Å². The van der Waals surface area contributed by atoms with Crippen LogP contribution in [0.1, 0.15) is 16.5 Å². The maximum atomic E-state index is 14.2. The van der Waals surface area contributed by atoms with E-state index in [2.05, 4.69) is 21.2 Å². The lowest BCUT2D eigenvalue weighted by Crippen LogP contribution is -2.18. The Labute approximate surface area is 128 Å². The van der Waals surface area contributed by atoms with Crippen molar-refractivity contribution in [2.75, 3.05) is 14.2 Å². The second-order valence-electron chi connectivity index (χ2n) is 3.88. The van der Waals surface area contributed by atoms with Crippen LogP contribution in [0.25, 0.3) is 0 Å². The van der Waals surface area contributed by atoms with Crippen molar-refractivity contribution in [2.45, 2.75) is 6.04 Å². The highest BCUT2D eigenvalue weighted by molar-refractivity contribution is 9.10. The Morgan fingerprint density at radius 3 is 2.79 bits per heavy atom. The molecule has 2 aromatic rings. The Morgan fingerprint density at radius 1 is 1.47 bits per heavy atom. The van der Waals surface area contributed by atoms with Crippen LogP contribution in [0, 0.1) is 5.82 Å². The number of rotatable bonds is 4. The van der Waals surface area contributed by atoms with Gasteiger partial charge in [0.1, 0.15) is 11.6 Å². The van der Waals surface area contributed by atoms with E-state index >= 15 is 0 Å². The van der Waals surface area contributed by atoms with Crippen LogP contribution in [0.5, 0.6) is 5.75 Å². The number of thiophene rings is 1. The third kappa shape index (κ3) is 2.94. The fourth-order valence-electron chi connectivity index (χ4n) is 1.81. The zero-order valence-corrected chi connectivity index (χ0v) is 13.5. The molecule has 0 spiro atoms. The van der Waals surface area contributed by atoms with Crippen molar-refractivity contribution in [3.05, 3.63) is 49.3 Å². The van der Waals surface area contributed by atoms with E-state index in [1.807, 2.05) is 11.4 Å². The van der Waals surface area contributed by atoms with E-state index in [-0.39, 0.29) is 11.1 Å². The lowest BCUT2D eigenvalue weighted by atomic mass is 10.0. The molecule has 0 aliphatic heterocycles. The van der Waals surface area contributed by atoms with Gasteiger partial charge in [-0.25, -0.2) is 4.39 Å². The molecule has 0 aliphatic rings. The Hall–Kier alpha value is -0.620. The molecule has 1 N–H and O–H groups in total. The molecule has 1 unspecified atom stereocenters. The van der Waals surface area contributed by atoms with Gasteiger partial charge in [0.15, 0.2) is 0 Å². The molecular formula is C13H12BrClFNOS. The van der Waals surface area contributed by atoms with E-state index in [0.29, 0.717) is 10.0 Å². The maximum Gasteiger partial charge on any atom is 0.148 e. The standard InChI is InChI=1S/C13H12BrClFNOS/c1-17-13(10-5-7(18-2)6-19-10)8-3-4-9(14)11(15)12(8)16/h3-6,13,17H,1-2H3. The summed E-state index contributed by atoms with van der Waals surface area (Å²) in [6, 6.07) is 5.11. The summed E-state index contributed by atoms with van der Waals surface area (Å²) in [6.07, 6.45) is 0. The van der Waals surface area contributed by atoms with E-state index in [9.17, 15) is 4.39 Å². The largest absolute Gasteiger partial charge is 0.496 e. The van der Waals surface area contributed by atoms with Crippen molar-refractivity contribution in [3.8, 4) is 5.75 Å². The zero-order valence-electron chi connectivity index (χ0n) is 10.3. The zero-order chi connectivity index (χ0) is 14.0. The van der Waals surface area contributed by atoms with Gasteiger partial charge in [-0.05, 0) is 35.1 Å². The van der Waals surface area contributed by atoms with Crippen molar-refractivity contribution in [1.82, 2.24) is 5.32 Å². The summed E-state index contributed by atoms with van der Waals surface area (Å²) in [5.41, 5.74) is 0.514. The molecule has 0 aliphatic carbocycles. The fraction of sp³-hybridized carbons (Fsp3) is 0.231. The van der Waals surface area contributed by atoms with Gasteiger partial charge < -0.3 is 10.1 Å². The average Bonchev–Trinajstić information content (AvgIpc) is 2.88. The Kier molecular flexibility index (Phi) is 4.84. The first-order valence-electron chi connectivity index (χ1n) is 5.51. The average molecular weight is 365 g/mol. The minimum Gasteiger partial charge on any atom is -0.496 e. The van der Waals surface area contributed by atoms with Gasteiger partial charge in [-0.1, -0.05) is 17.7 Å². The van der Waals surface area contributed by atoms with Crippen LogP contribution < -0.4 is 10.1 Å². The summed E-state index contributed by atoms with van der Waals surface area (Å²) in [7, 11) is 3.39. The van der Waals surface area contributed by atoms with Gasteiger partial charge in [0.25, 0.3) is 0 Å². The second-order valence-corrected chi connectivity index (χ2v) is 6.05. The highest BCUT2D eigenvalue weighted by Gasteiger charge is 2.21. The Morgan fingerprint density at radius 2 is 2.21 bits per heavy atom. The van der Waals surface area contributed by atoms with Crippen LogP contribution in [0.15, 0.2) is 28.1 Å². The summed E-state index contributed by atoms with van der Waals surface area (Å²) < 4.78 is 19.9. The molecule has 0 saturated heterocycles. The predicted octanol–water partition coefficient (Wildman–Crippen LogP) is 4.62. The van der Waals surface area contributed by atoms with Crippen molar-refractivity contribution >= 4 is 38.9 Å². The van der Waals surface area contributed by atoms with Gasteiger partial charge in [-0.2, -0.15) is 0 Å². The lowest BCUT2D eigenvalue weighted by molar-refractivity contribution is 0.416. The number of hydrogen-bond donors (Lipinski definition) is 1. The van der Waals surface area contributed by atoms with E-state index in [1.54, 1.807) is 26.3 Å². The summed E-state index contributed by atoms with van der Waals surface area (Å²) in [4.78, 5) is 0.969. The third-order valence-corrected chi connectivity index (χ3v) is 5.02. The summed E-state index contributed by atoms with van der Waals surface area (Å²) in [6.45, 7) is 0. The first kappa shape index (κ1) is 14.8. The molecule has 6 heteroatoms. The first-order chi connectivity index (χ1) is 9.08. The number of benzene rings is 1. The molecule has 1 aromatic carbocycles. The van der Waals surface area contributed by atoms with Crippen LogP contribution in [0.3, 0.4) is 0 Å². The van der Waals surface area contributed by atoms with Crippen molar-refractivity contribution in [2.24, 2.45) is 0 Å². The number of hydrogen-bond acceptors (Lipinski definition) is 3. The van der Waals surface area contributed by atoms with Gasteiger partial charge in [-0.15, -0.1) is 11.3 Å². The SMILES string of the molecule is CNC(c1cc(OC)cs1)c1ccc(Br)c(Cl)c1F. The normalized spacial score (nSPS) is 12.5.